The highest BCUT2D eigenvalue weighted by molar-refractivity contribution is 6.06. The summed E-state index contributed by atoms with van der Waals surface area (Å²) in [7, 11) is 1.46. The number of allylic oxidation sites excluding steroid dienone is 2. The number of hydrogen-bond donors (Lipinski definition) is 1. The SMILES string of the molecule is COC(=O)[C@@H]1C[C@@]2(CC=C(C)C)c3ccccc3N3C(=N)[C@H](c4ccccc4)N1[C@H]32. The molecule has 0 amide bonds. The average Bonchev–Trinajstić information content (AvgIpc) is 3.35. The molecule has 1 N–H and O–H groups in total. The summed E-state index contributed by atoms with van der Waals surface area (Å²) >= 11 is 0. The molecule has 154 valence electrons. The first-order chi connectivity index (χ1) is 14.5. The first kappa shape index (κ1) is 19.1. The van der Waals surface area contributed by atoms with Crippen LogP contribution in [-0.2, 0) is 14.9 Å². The number of carbonyl (C=O) groups is 1. The van der Waals surface area contributed by atoms with Gasteiger partial charge in [-0.15, -0.1) is 0 Å². The van der Waals surface area contributed by atoms with Gasteiger partial charge >= 0.3 is 5.97 Å². The fraction of sp³-hybridized carbons (Fsp3) is 0.360. The van der Waals surface area contributed by atoms with Gasteiger partial charge in [0, 0.05) is 11.1 Å². The molecular weight excluding hydrogens is 374 g/mol. The van der Waals surface area contributed by atoms with E-state index in [-0.39, 0.29) is 29.6 Å². The smallest absolute Gasteiger partial charge is 0.323 e. The second kappa shape index (κ2) is 6.81. The zero-order valence-corrected chi connectivity index (χ0v) is 17.6. The molecule has 0 unspecified atom stereocenters. The van der Waals surface area contributed by atoms with E-state index in [0.29, 0.717) is 12.3 Å². The van der Waals surface area contributed by atoms with Gasteiger partial charge in [-0.2, -0.15) is 0 Å². The molecule has 0 aromatic heterocycles. The van der Waals surface area contributed by atoms with Gasteiger partial charge in [-0.25, -0.2) is 0 Å². The molecule has 0 saturated carbocycles. The van der Waals surface area contributed by atoms with Gasteiger partial charge in [0.25, 0.3) is 0 Å². The monoisotopic (exact) mass is 401 g/mol. The minimum atomic E-state index is -0.380. The molecule has 2 aromatic carbocycles. The van der Waals surface area contributed by atoms with E-state index in [1.807, 2.05) is 24.3 Å². The molecule has 0 bridgehead atoms. The van der Waals surface area contributed by atoms with Crippen LogP contribution in [-0.4, -0.2) is 36.0 Å². The van der Waals surface area contributed by atoms with E-state index in [9.17, 15) is 4.79 Å². The quantitative estimate of drug-likeness (QED) is 0.609. The number of nitrogens with one attached hydrogen (secondary N) is 1. The third-order valence-corrected chi connectivity index (χ3v) is 6.92. The lowest BCUT2D eigenvalue weighted by molar-refractivity contribution is -0.146. The number of anilines is 1. The molecule has 2 saturated heterocycles. The Bertz CT molecular complexity index is 1040. The number of nitrogens with zero attached hydrogens (tertiary/aromatic N) is 2. The fourth-order valence-corrected chi connectivity index (χ4v) is 5.72. The Hall–Kier alpha value is -2.92. The van der Waals surface area contributed by atoms with Crippen molar-refractivity contribution in [2.75, 3.05) is 12.0 Å². The van der Waals surface area contributed by atoms with E-state index in [1.165, 1.54) is 18.2 Å². The lowest BCUT2D eigenvalue weighted by atomic mass is 9.75. The number of rotatable bonds is 4. The highest BCUT2D eigenvalue weighted by Crippen LogP contribution is 2.61. The predicted octanol–water partition coefficient (Wildman–Crippen LogP) is 4.41. The number of hydrogen-bond acceptors (Lipinski definition) is 4. The van der Waals surface area contributed by atoms with Crippen molar-refractivity contribution in [3.8, 4) is 0 Å². The summed E-state index contributed by atoms with van der Waals surface area (Å²) in [6.07, 6.45) is 3.74. The van der Waals surface area contributed by atoms with Crippen LogP contribution in [0.25, 0.3) is 0 Å². The Morgan fingerprint density at radius 1 is 1.17 bits per heavy atom. The van der Waals surface area contributed by atoms with Crippen LogP contribution in [0.3, 0.4) is 0 Å². The van der Waals surface area contributed by atoms with Gasteiger partial charge in [0.2, 0.25) is 0 Å². The van der Waals surface area contributed by atoms with E-state index in [0.717, 1.165) is 17.7 Å². The summed E-state index contributed by atoms with van der Waals surface area (Å²) in [5.41, 5.74) is 4.40. The molecule has 0 spiro atoms. The van der Waals surface area contributed by atoms with Gasteiger partial charge in [-0.1, -0.05) is 60.2 Å². The maximum atomic E-state index is 12.9. The number of para-hydroxylation sites is 1. The van der Waals surface area contributed by atoms with Crippen molar-refractivity contribution in [3.05, 3.63) is 77.4 Å². The Morgan fingerprint density at radius 3 is 2.57 bits per heavy atom. The van der Waals surface area contributed by atoms with E-state index >= 15 is 0 Å². The molecule has 5 nitrogen and oxygen atoms in total. The van der Waals surface area contributed by atoms with Gasteiger partial charge in [0.15, 0.2) is 0 Å². The molecule has 30 heavy (non-hydrogen) atoms. The van der Waals surface area contributed by atoms with Gasteiger partial charge in [0.1, 0.15) is 11.9 Å². The molecule has 0 aliphatic carbocycles. The highest BCUT2D eigenvalue weighted by atomic mass is 16.5. The molecule has 5 heteroatoms. The van der Waals surface area contributed by atoms with Crippen LogP contribution in [0.1, 0.15) is 43.9 Å². The average molecular weight is 402 g/mol. The third kappa shape index (κ3) is 2.45. The van der Waals surface area contributed by atoms with Gasteiger partial charge in [0.05, 0.1) is 19.3 Å². The van der Waals surface area contributed by atoms with Crippen molar-refractivity contribution in [3.63, 3.8) is 0 Å². The topological polar surface area (TPSA) is 56.6 Å². The molecule has 3 heterocycles. The number of fused-ring (bicyclic) bond motifs is 3. The second-order valence-corrected chi connectivity index (χ2v) is 8.79. The number of amidine groups is 1. The lowest BCUT2D eigenvalue weighted by Gasteiger charge is -2.31. The van der Waals surface area contributed by atoms with Crippen LogP contribution < -0.4 is 4.90 Å². The lowest BCUT2D eigenvalue weighted by Crippen LogP contribution is -2.45. The van der Waals surface area contributed by atoms with Gasteiger partial charge < -0.3 is 9.64 Å². The van der Waals surface area contributed by atoms with Crippen LogP contribution in [0.15, 0.2) is 66.2 Å². The van der Waals surface area contributed by atoms with Crippen molar-refractivity contribution in [2.45, 2.75) is 50.4 Å². The Morgan fingerprint density at radius 2 is 1.87 bits per heavy atom. The zero-order valence-electron chi connectivity index (χ0n) is 17.6. The van der Waals surface area contributed by atoms with Crippen molar-refractivity contribution in [1.29, 1.82) is 5.41 Å². The summed E-state index contributed by atoms with van der Waals surface area (Å²) in [6.45, 7) is 4.23. The van der Waals surface area contributed by atoms with Crippen LogP contribution in [0.2, 0.25) is 0 Å². The van der Waals surface area contributed by atoms with Crippen LogP contribution >= 0.6 is 0 Å². The van der Waals surface area contributed by atoms with Crippen LogP contribution in [0.4, 0.5) is 5.69 Å². The number of benzene rings is 2. The normalized spacial score (nSPS) is 29.0. The molecule has 3 aliphatic rings. The van der Waals surface area contributed by atoms with Crippen molar-refractivity contribution in [2.24, 2.45) is 0 Å². The fourth-order valence-electron chi connectivity index (χ4n) is 5.72. The standard InChI is InChI=1S/C25H27N3O2/c1-16(2)13-14-25-15-20(23(29)30-3)27-21(17-9-5-4-6-10-17)22(26)28(24(25)27)19-12-8-7-11-18(19)25/h4-13,20-21,24,26H,14-15H2,1-3H3/t20-,21-,24+,25-/m0/s1. The molecule has 4 atom stereocenters. The van der Waals surface area contributed by atoms with Crippen molar-refractivity contribution < 1.29 is 9.53 Å². The first-order valence-corrected chi connectivity index (χ1v) is 10.5. The molecular formula is C25H27N3O2. The van der Waals surface area contributed by atoms with Gasteiger partial charge in [-0.05, 0) is 43.9 Å². The maximum absolute atomic E-state index is 12.9. The number of ether oxygens (including phenoxy) is 1. The first-order valence-electron chi connectivity index (χ1n) is 10.5. The minimum Gasteiger partial charge on any atom is -0.468 e. The Balaban J connectivity index is 1.73. The number of methoxy groups -OCH3 is 1. The summed E-state index contributed by atoms with van der Waals surface area (Å²) in [6, 6.07) is 17.9. The summed E-state index contributed by atoms with van der Waals surface area (Å²) < 4.78 is 5.24. The second-order valence-electron chi connectivity index (χ2n) is 8.79. The predicted molar refractivity (Wildman–Crippen MR) is 118 cm³/mol. The molecule has 2 aromatic rings. The summed E-state index contributed by atoms with van der Waals surface area (Å²) in [4.78, 5) is 17.3. The number of esters is 1. The Kier molecular flexibility index (Phi) is 4.33. The van der Waals surface area contributed by atoms with Gasteiger partial charge in [-0.3, -0.25) is 15.1 Å². The summed E-state index contributed by atoms with van der Waals surface area (Å²) in [5, 5.41) is 9.16. The molecule has 2 fully saturated rings. The van der Waals surface area contributed by atoms with E-state index in [1.54, 1.807) is 0 Å². The van der Waals surface area contributed by atoms with Crippen molar-refractivity contribution in [1.82, 2.24) is 4.90 Å². The zero-order chi connectivity index (χ0) is 21.0. The summed E-state index contributed by atoms with van der Waals surface area (Å²) in [5.74, 6) is 0.320. The van der Waals surface area contributed by atoms with E-state index < -0.39 is 0 Å². The maximum Gasteiger partial charge on any atom is 0.323 e. The van der Waals surface area contributed by atoms with Crippen molar-refractivity contribution >= 4 is 17.5 Å². The highest BCUT2D eigenvalue weighted by Gasteiger charge is 2.68. The Labute approximate surface area is 177 Å². The van der Waals surface area contributed by atoms with E-state index in [4.69, 9.17) is 10.1 Å². The minimum absolute atomic E-state index is 0.0627. The third-order valence-electron chi connectivity index (χ3n) is 6.92. The molecule has 3 aliphatic heterocycles. The van der Waals surface area contributed by atoms with Crippen LogP contribution in [0, 0.1) is 5.41 Å². The van der Waals surface area contributed by atoms with Crippen LogP contribution in [0.5, 0.6) is 0 Å². The molecule has 5 rings (SSSR count). The molecule has 0 radical (unpaired) electrons. The van der Waals surface area contributed by atoms with E-state index in [2.05, 4.69) is 60.1 Å². The number of carbonyl (C=O) groups excluding carboxylic acids is 1. The largest absolute Gasteiger partial charge is 0.468 e.